The first-order valence-corrected chi connectivity index (χ1v) is 4.34. The summed E-state index contributed by atoms with van der Waals surface area (Å²) in [6.07, 6.45) is 3.34. The van der Waals surface area contributed by atoms with Crippen LogP contribution in [0.3, 0.4) is 0 Å². The second-order valence-corrected chi connectivity index (χ2v) is 3.50. The van der Waals surface area contributed by atoms with Gasteiger partial charge in [-0.25, -0.2) is 0 Å². The summed E-state index contributed by atoms with van der Waals surface area (Å²) < 4.78 is 0. The van der Waals surface area contributed by atoms with Gasteiger partial charge in [0.15, 0.2) is 0 Å². The molecule has 0 spiro atoms. The van der Waals surface area contributed by atoms with Gasteiger partial charge in [-0.1, -0.05) is 24.3 Å². The van der Waals surface area contributed by atoms with Crippen molar-refractivity contribution in [3.63, 3.8) is 0 Å². The smallest absolute Gasteiger partial charge is 0.286 e. The SMILES string of the molecule is C=C/C=C(\C)C1SC(=O)NC1=O. The van der Waals surface area contributed by atoms with Gasteiger partial charge in [0.1, 0.15) is 5.25 Å². The van der Waals surface area contributed by atoms with E-state index in [4.69, 9.17) is 0 Å². The third-order valence-corrected chi connectivity index (χ3v) is 2.62. The topological polar surface area (TPSA) is 46.2 Å². The Hall–Kier alpha value is -1.03. The first-order chi connectivity index (χ1) is 5.65. The van der Waals surface area contributed by atoms with Crippen LogP contribution in [0.1, 0.15) is 6.92 Å². The van der Waals surface area contributed by atoms with Gasteiger partial charge in [0.25, 0.3) is 5.24 Å². The maximum Gasteiger partial charge on any atom is 0.286 e. The van der Waals surface area contributed by atoms with Gasteiger partial charge >= 0.3 is 0 Å². The van der Waals surface area contributed by atoms with Crippen molar-refractivity contribution in [2.24, 2.45) is 0 Å². The summed E-state index contributed by atoms with van der Waals surface area (Å²) in [5, 5.41) is 1.57. The van der Waals surface area contributed by atoms with E-state index in [2.05, 4.69) is 11.9 Å². The lowest BCUT2D eigenvalue weighted by Crippen LogP contribution is -2.24. The minimum Gasteiger partial charge on any atom is -0.286 e. The summed E-state index contributed by atoms with van der Waals surface area (Å²) in [4.78, 5) is 21.8. The monoisotopic (exact) mass is 183 g/mol. The number of allylic oxidation sites excluding steroid dienone is 2. The quantitative estimate of drug-likeness (QED) is 0.659. The summed E-state index contributed by atoms with van der Waals surface area (Å²) in [5.74, 6) is -0.236. The van der Waals surface area contributed by atoms with Crippen LogP contribution in [0.2, 0.25) is 0 Å². The Bertz CT molecular complexity index is 270. The summed E-state index contributed by atoms with van der Waals surface area (Å²) in [5.41, 5.74) is 0.846. The molecule has 1 unspecified atom stereocenters. The number of amides is 2. The Morgan fingerprint density at radius 1 is 1.67 bits per heavy atom. The molecule has 1 aliphatic rings. The van der Waals surface area contributed by atoms with Crippen molar-refractivity contribution >= 4 is 22.9 Å². The number of rotatable bonds is 2. The minimum absolute atomic E-state index is 0.236. The number of hydrogen-bond donors (Lipinski definition) is 1. The normalized spacial score (nSPS) is 24.1. The van der Waals surface area contributed by atoms with Crippen molar-refractivity contribution in [3.05, 3.63) is 24.3 Å². The third-order valence-electron chi connectivity index (χ3n) is 1.48. The van der Waals surface area contributed by atoms with E-state index in [0.717, 1.165) is 17.3 Å². The molecule has 0 aromatic carbocycles. The standard InChI is InChI=1S/C8H9NO2S/c1-3-4-5(2)6-7(10)9-8(11)12-6/h3-4,6H,1H2,2H3,(H,9,10,11)/b5-4+. The zero-order valence-corrected chi connectivity index (χ0v) is 7.48. The van der Waals surface area contributed by atoms with Gasteiger partial charge in [-0.15, -0.1) is 0 Å². The lowest BCUT2D eigenvalue weighted by molar-refractivity contribution is -0.118. The van der Waals surface area contributed by atoms with E-state index >= 15 is 0 Å². The number of carbonyl (C=O) groups is 2. The second kappa shape index (κ2) is 3.58. The molecule has 0 aromatic heterocycles. The van der Waals surface area contributed by atoms with Crippen molar-refractivity contribution < 1.29 is 9.59 Å². The first-order valence-electron chi connectivity index (χ1n) is 3.46. The third kappa shape index (κ3) is 1.76. The Labute approximate surface area is 74.9 Å². The molecule has 1 rings (SSSR count). The van der Waals surface area contributed by atoms with Gasteiger partial charge < -0.3 is 0 Å². The molecule has 3 nitrogen and oxygen atoms in total. The highest BCUT2D eigenvalue weighted by molar-refractivity contribution is 8.15. The summed E-state index contributed by atoms with van der Waals surface area (Å²) in [7, 11) is 0. The average Bonchev–Trinajstić information content (AvgIpc) is 2.30. The molecule has 0 aliphatic carbocycles. The summed E-state index contributed by atoms with van der Waals surface area (Å²) >= 11 is 1.01. The molecule has 1 fully saturated rings. The molecular formula is C8H9NO2S. The Kier molecular flexibility index (Phi) is 2.70. The first kappa shape index (κ1) is 9.06. The van der Waals surface area contributed by atoms with E-state index in [1.165, 1.54) is 0 Å². The van der Waals surface area contributed by atoms with Crippen LogP contribution in [0.4, 0.5) is 4.79 Å². The Balaban J connectivity index is 2.76. The summed E-state index contributed by atoms with van der Waals surface area (Å²) in [6.45, 7) is 5.32. The van der Waals surface area contributed by atoms with E-state index in [1.807, 2.05) is 0 Å². The van der Waals surface area contributed by atoms with Crippen molar-refractivity contribution in [1.29, 1.82) is 0 Å². The highest BCUT2D eigenvalue weighted by Gasteiger charge is 2.32. The van der Waals surface area contributed by atoms with E-state index in [9.17, 15) is 9.59 Å². The summed E-state index contributed by atoms with van der Waals surface area (Å²) in [6, 6.07) is 0. The van der Waals surface area contributed by atoms with E-state index in [-0.39, 0.29) is 16.4 Å². The fraction of sp³-hybridized carbons (Fsp3) is 0.250. The molecule has 1 aliphatic heterocycles. The molecule has 0 aromatic rings. The van der Waals surface area contributed by atoms with Gasteiger partial charge in [-0.2, -0.15) is 0 Å². The van der Waals surface area contributed by atoms with Gasteiger partial charge in [0.05, 0.1) is 0 Å². The highest BCUT2D eigenvalue weighted by Crippen LogP contribution is 2.25. The highest BCUT2D eigenvalue weighted by atomic mass is 32.2. The number of carbonyl (C=O) groups excluding carboxylic acids is 2. The zero-order valence-electron chi connectivity index (χ0n) is 6.66. The predicted octanol–water partition coefficient (Wildman–Crippen LogP) is 1.47. The van der Waals surface area contributed by atoms with Crippen LogP contribution in [0, 0.1) is 0 Å². The van der Waals surface area contributed by atoms with Crippen LogP contribution in [-0.4, -0.2) is 16.4 Å². The number of nitrogens with one attached hydrogen (secondary N) is 1. The van der Waals surface area contributed by atoms with Crippen molar-refractivity contribution in [2.75, 3.05) is 0 Å². The fourth-order valence-corrected chi connectivity index (χ4v) is 1.73. The molecule has 1 atom stereocenters. The van der Waals surface area contributed by atoms with Gasteiger partial charge in [-0.3, -0.25) is 14.9 Å². The maximum absolute atomic E-state index is 11.1. The van der Waals surface area contributed by atoms with Crippen LogP contribution < -0.4 is 5.32 Å². The largest absolute Gasteiger partial charge is 0.286 e. The van der Waals surface area contributed by atoms with Crippen LogP contribution in [0.25, 0.3) is 0 Å². The number of imide groups is 1. The van der Waals surface area contributed by atoms with Crippen LogP contribution in [0.5, 0.6) is 0 Å². The average molecular weight is 183 g/mol. The van der Waals surface area contributed by atoms with Gasteiger partial charge in [0, 0.05) is 0 Å². The molecule has 1 saturated heterocycles. The van der Waals surface area contributed by atoms with E-state index in [1.54, 1.807) is 19.1 Å². The minimum atomic E-state index is -0.365. The molecule has 1 heterocycles. The number of thioether (sulfide) groups is 1. The van der Waals surface area contributed by atoms with Crippen molar-refractivity contribution in [2.45, 2.75) is 12.2 Å². The molecule has 64 valence electrons. The Morgan fingerprint density at radius 3 is 2.75 bits per heavy atom. The Morgan fingerprint density at radius 2 is 2.33 bits per heavy atom. The van der Waals surface area contributed by atoms with E-state index < -0.39 is 0 Å². The van der Waals surface area contributed by atoms with Gasteiger partial charge in [0.2, 0.25) is 5.91 Å². The molecule has 12 heavy (non-hydrogen) atoms. The van der Waals surface area contributed by atoms with E-state index in [0.29, 0.717) is 0 Å². The maximum atomic E-state index is 11.1. The number of hydrogen-bond acceptors (Lipinski definition) is 3. The molecule has 0 radical (unpaired) electrons. The molecule has 4 heteroatoms. The fourth-order valence-electron chi connectivity index (χ4n) is 0.929. The van der Waals surface area contributed by atoms with Crippen molar-refractivity contribution in [3.8, 4) is 0 Å². The predicted molar refractivity (Wildman–Crippen MR) is 48.9 cm³/mol. The van der Waals surface area contributed by atoms with Crippen LogP contribution >= 0.6 is 11.8 Å². The van der Waals surface area contributed by atoms with Gasteiger partial charge in [-0.05, 0) is 18.7 Å². The van der Waals surface area contributed by atoms with Crippen LogP contribution in [0.15, 0.2) is 24.3 Å². The van der Waals surface area contributed by atoms with Crippen LogP contribution in [-0.2, 0) is 4.79 Å². The molecule has 1 N–H and O–H groups in total. The lowest BCUT2D eigenvalue weighted by atomic mass is 10.2. The molecular weight excluding hydrogens is 174 g/mol. The second-order valence-electron chi connectivity index (χ2n) is 2.42. The lowest BCUT2D eigenvalue weighted by Gasteiger charge is -2.02. The zero-order chi connectivity index (χ0) is 9.14. The molecule has 0 bridgehead atoms. The van der Waals surface area contributed by atoms with Crippen molar-refractivity contribution in [1.82, 2.24) is 5.32 Å². The molecule has 2 amide bonds. The molecule has 0 saturated carbocycles.